The summed E-state index contributed by atoms with van der Waals surface area (Å²) in [4.78, 5) is 12.4. The summed E-state index contributed by atoms with van der Waals surface area (Å²) < 4.78 is 29.9. The van der Waals surface area contributed by atoms with Gasteiger partial charge in [-0.25, -0.2) is 0 Å². The molecule has 0 aromatic heterocycles. The van der Waals surface area contributed by atoms with E-state index < -0.39 is 12.5 Å². The Morgan fingerprint density at radius 1 is 1.05 bits per heavy atom. The number of alkyl halides is 2. The first-order valence-corrected chi connectivity index (χ1v) is 6.78. The highest BCUT2D eigenvalue weighted by Crippen LogP contribution is 2.35. The van der Waals surface area contributed by atoms with E-state index in [0.29, 0.717) is 11.3 Å². The molecule has 1 aliphatic rings. The number of hydrogen-bond acceptors (Lipinski definition) is 2. The molecule has 2 aromatic carbocycles. The number of amides is 1. The Balaban J connectivity index is 1.91. The third-order valence-electron chi connectivity index (χ3n) is 3.42. The minimum atomic E-state index is -2.97. The Hall–Kier alpha value is -2.69. The van der Waals surface area contributed by atoms with Crippen LogP contribution in [-0.2, 0) is 16.0 Å². The molecule has 1 N–H and O–H groups in total. The molecule has 5 heteroatoms. The Kier molecular flexibility index (Phi) is 3.87. The number of fused-ring (bicyclic) bond motifs is 1. The lowest BCUT2D eigenvalue weighted by Gasteiger charge is -2.10. The van der Waals surface area contributed by atoms with Gasteiger partial charge in [0, 0.05) is 17.7 Å². The third-order valence-corrected chi connectivity index (χ3v) is 3.42. The summed E-state index contributed by atoms with van der Waals surface area (Å²) in [5.74, 6) is -0.475. The molecule has 3 rings (SSSR count). The zero-order valence-corrected chi connectivity index (χ0v) is 11.6. The summed E-state index contributed by atoms with van der Waals surface area (Å²) in [6.07, 6.45) is 0.275. The van der Waals surface area contributed by atoms with Gasteiger partial charge in [0.05, 0.1) is 5.57 Å². The lowest BCUT2D eigenvalue weighted by molar-refractivity contribution is -0.113. The molecule has 0 saturated carbocycles. The molecule has 0 saturated heterocycles. The third kappa shape index (κ3) is 2.83. The van der Waals surface area contributed by atoms with E-state index in [4.69, 9.17) is 0 Å². The molecule has 0 fully saturated rings. The van der Waals surface area contributed by atoms with Crippen LogP contribution < -0.4 is 5.32 Å². The van der Waals surface area contributed by atoms with Gasteiger partial charge in [-0.2, -0.15) is 8.78 Å². The van der Waals surface area contributed by atoms with Crippen molar-refractivity contribution in [2.24, 2.45) is 0 Å². The first-order valence-electron chi connectivity index (χ1n) is 6.78. The number of nitrogens with one attached hydrogen (secondary N) is 1. The number of carbonyl (C=O) groups is 1. The molecule has 0 aliphatic heterocycles. The number of para-hydroxylation sites is 1. The van der Waals surface area contributed by atoms with E-state index in [0.717, 1.165) is 5.56 Å². The zero-order valence-electron chi connectivity index (χ0n) is 11.6. The quantitative estimate of drug-likeness (QED) is 0.932. The van der Waals surface area contributed by atoms with Crippen molar-refractivity contribution in [3.05, 3.63) is 71.3 Å². The van der Waals surface area contributed by atoms with Gasteiger partial charge in [0.15, 0.2) is 0 Å². The van der Waals surface area contributed by atoms with Crippen LogP contribution in [-0.4, -0.2) is 12.5 Å². The van der Waals surface area contributed by atoms with E-state index in [-0.39, 0.29) is 17.8 Å². The number of rotatable bonds is 4. The van der Waals surface area contributed by atoms with Gasteiger partial charge in [0.2, 0.25) is 0 Å². The number of carbonyl (C=O) groups excluding carboxylic acids is 1. The largest absolute Gasteiger partial charge is 0.434 e. The molecule has 0 bridgehead atoms. The maximum atomic E-state index is 12.7. The number of halogens is 2. The first-order chi connectivity index (χ1) is 10.6. The Morgan fingerprint density at radius 3 is 2.45 bits per heavy atom. The average Bonchev–Trinajstić information content (AvgIpc) is 2.87. The summed E-state index contributed by atoms with van der Waals surface area (Å²) in [5, 5.41) is 2.70. The highest BCUT2D eigenvalue weighted by atomic mass is 19.3. The van der Waals surface area contributed by atoms with Crippen LogP contribution in [0.2, 0.25) is 0 Å². The molecule has 0 radical (unpaired) electrons. The van der Waals surface area contributed by atoms with Crippen LogP contribution in [0.5, 0.6) is 0 Å². The second kappa shape index (κ2) is 5.97. The van der Waals surface area contributed by atoms with Crippen molar-refractivity contribution in [2.75, 3.05) is 5.32 Å². The van der Waals surface area contributed by atoms with Gasteiger partial charge in [-0.15, -0.1) is 0 Å². The van der Waals surface area contributed by atoms with Gasteiger partial charge in [-0.05, 0) is 17.7 Å². The molecule has 3 nitrogen and oxygen atoms in total. The fourth-order valence-electron chi connectivity index (χ4n) is 2.46. The number of benzene rings is 2. The zero-order chi connectivity index (χ0) is 15.5. The summed E-state index contributed by atoms with van der Waals surface area (Å²) in [5.41, 5.74) is 2.16. The van der Waals surface area contributed by atoms with Crippen LogP contribution in [0.25, 0.3) is 5.76 Å². The number of anilines is 1. The van der Waals surface area contributed by atoms with Crippen LogP contribution in [0, 0.1) is 0 Å². The Labute approximate surface area is 126 Å². The molecular weight excluding hydrogens is 288 g/mol. The fourth-order valence-corrected chi connectivity index (χ4v) is 2.46. The molecule has 1 amide bonds. The van der Waals surface area contributed by atoms with E-state index in [9.17, 15) is 13.6 Å². The van der Waals surface area contributed by atoms with E-state index in [1.165, 1.54) is 0 Å². The van der Waals surface area contributed by atoms with Gasteiger partial charge in [-0.3, -0.25) is 4.79 Å². The molecule has 22 heavy (non-hydrogen) atoms. The van der Waals surface area contributed by atoms with Crippen LogP contribution in [0.1, 0.15) is 11.1 Å². The van der Waals surface area contributed by atoms with E-state index in [1.807, 2.05) is 6.07 Å². The van der Waals surface area contributed by atoms with Crippen molar-refractivity contribution in [3.8, 4) is 0 Å². The average molecular weight is 301 g/mol. The van der Waals surface area contributed by atoms with Gasteiger partial charge in [0.1, 0.15) is 5.76 Å². The van der Waals surface area contributed by atoms with Crippen LogP contribution in [0.15, 0.2) is 60.2 Å². The molecule has 112 valence electrons. The second-order valence-corrected chi connectivity index (χ2v) is 4.84. The van der Waals surface area contributed by atoms with Crippen LogP contribution >= 0.6 is 0 Å². The summed E-state index contributed by atoms with van der Waals surface area (Å²) in [6.45, 7) is -2.97. The fraction of sp³-hybridized carbons (Fsp3) is 0.118. The van der Waals surface area contributed by atoms with Crippen molar-refractivity contribution in [1.82, 2.24) is 0 Å². The molecule has 0 heterocycles. The highest BCUT2D eigenvalue weighted by Gasteiger charge is 2.29. The molecule has 2 aromatic rings. The van der Waals surface area contributed by atoms with Gasteiger partial charge >= 0.3 is 6.61 Å². The SMILES string of the molecule is O=C(Nc1ccccc1)C1=C(OC(F)F)c2ccccc2C1. The van der Waals surface area contributed by atoms with E-state index in [2.05, 4.69) is 10.1 Å². The first kappa shape index (κ1) is 14.3. The predicted molar refractivity (Wildman–Crippen MR) is 79.2 cm³/mol. The maximum absolute atomic E-state index is 12.7. The second-order valence-electron chi connectivity index (χ2n) is 4.84. The maximum Gasteiger partial charge on any atom is 0.387 e. The molecular formula is C17H13F2NO2. The Morgan fingerprint density at radius 2 is 1.73 bits per heavy atom. The van der Waals surface area contributed by atoms with E-state index in [1.54, 1.807) is 48.5 Å². The lowest BCUT2D eigenvalue weighted by Crippen LogP contribution is -2.16. The minimum Gasteiger partial charge on any atom is -0.434 e. The molecule has 0 spiro atoms. The normalized spacial score (nSPS) is 13.2. The molecule has 0 atom stereocenters. The number of ether oxygens (including phenoxy) is 1. The summed E-state index contributed by atoms with van der Waals surface area (Å²) in [6, 6.07) is 15.9. The van der Waals surface area contributed by atoms with E-state index >= 15 is 0 Å². The smallest absolute Gasteiger partial charge is 0.387 e. The van der Waals surface area contributed by atoms with Crippen molar-refractivity contribution in [3.63, 3.8) is 0 Å². The summed E-state index contributed by atoms with van der Waals surface area (Å²) >= 11 is 0. The van der Waals surface area contributed by atoms with Gasteiger partial charge in [-0.1, -0.05) is 42.5 Å². The highest BCUT2D eigenvalue weighted by molar-refractivity contribution is 6.10. The van der Waals surface area contributed by atoms with Crippen molar-refractivity contribution in [2.45, 2.75) is 13.0 Å². The van der Waals surface area contributed by atoms with Crippen LogP contribution in [0.4, 0.5) is 14.5 Å². The molecule has 0 unspecified atom stereocenters. The van der Waals surface area contributed by atoms with Gasteiger partial charge < -0.3 is 10.1 Å². The number of hydrogen-bond donors (Lipinski definition) is 1. The summed E-state index contributed by atoms with van der Waals surface area (Å²) in [7, 11) is 0. The van der Waals surface area contributed by atoms with Crippen molar-refractivity contribution >= 4 is 17.4 Å². The lowest BCUT2D eigenvalue weighted by atomic mass is 10.1. The van der Waals surface area contributed by atoms with Crippen LogP contribution in [0.3, 0.4) is 0 Å². The molecule has 1 aliphatic carbocycles. The standard InChI is InChI=1S/C17H13F2NO2/c18-17(19)22-15-13-9-5-4-6-11(13)10-14(15)16(21)20-12-7-2-1-3-8-12/h1-9,17H,10H2,(H,20,21). The minimum absolute atomic E-state index is 0.0426. The van der Waals surface area contributed by atoms with Gasteiger partial charge in [0.25, 0.3) is 5.91 Å². The Bertz CT molecular complexity index is 726. The monoisotopic (exact) mass is 301 g/mol. The predicted octanol–water partition coefficient (Wildman–Crippen LogP) is 3.83. The topological polar surface area (TPSA) is 38.3 Å². The van der Waals surface area contributed by atoms with Crippen molar-refractivity contribution < 1.29 is 18.3 Å². The van der Waals surface area contributed by atoms with Crippen molar-refractivity contribution in [1.29, 1.82) is 0 Å².